The molecule has 8 nitrogen and oxygen atoms in total. The zero-order valence-electron chi connectivity index (χ0n) is 14.2. The number of carbonyl (C=O) groups excluding carboxylic acids is 1. The van der Waals surface area contributed by atoms with Gasteiger partial charge in [-0.1, -0.05) is 28.1 Å². The van der Waals surface area contributed by atoms with Crippen LogP contribution in [-0.2, 0) is 4.79 Å². The molecule has 0 unspecified atom stereocenters. The number of phenols is 1. The van der Waals surface area contributed by atoms with Crippen molar-refractivity contribution in [1.82, 2.24) is 15.1 Å². The number of aryl methyl sites for hydroxylation is 1. The number of phenolic OH excluding ortho intramolecular Hbond substituents is 1. The van der Waals surface area contributed by atoms with Gasteiger partial charge in [0.1, 0.15) is 11.6 Å². The number of carbonyl (C=O) groups is 1. The summed E-state index contributed by atoms with van der Waals surface area (Å²) in [6, 6.07) is 11.7. The molecule has 9 heteroatoms. The van der Waals surface area contributed by atoms with E-state index in [1.807, 2.05) is 0 Å². The first-order valence-electron chi connectivity index (χ1n) is 7.88. The van der Waals surface area contributed by atoms with E-state index in [2.05, 4.69) is 31.4 Å². The van der Waals surface area contributed by atoms with Crippen LogP contribution in [0.4, 0.5) is 0 Å². The van der Waals surface area contributed by atoms with Gasteiger partial charge in [-0.15, -0.1) is 4.73 Å². The number of hydrogen-bond acceptors (Lipinski definition) is 6. The van der Waals surface area contributed by atoms with Crippen molar-refractivity contribution < 1.29 is 14.7 Å². The predicted octanol–water partition coefficient (Wildman–Crippen LogP) is 1.75. The summed E-state index contributed by atoms with van der Waals surface area (Å²) < 4.78 is 1.74. The summed E-state index contributed by atoms with van der Waals surface area (Å²) in [5.41, 5.74) is 2.86. The lowest BCUT2D eigenvalue weighted by Crippen LogP contribution is -2.35. The summed E-state index contributed by atoms with van der Waals surface area (Å²) in [5.74, 6) is -0.217. The van der Waals surface area contributed by atoms with Crippen LogP contribution in [0.2, 0.25) is 0 Å². The van der Waals surface area contributed by atoms with Crippen molar-refractivity contribution in [2.24, 2.45) is 5.10 Å². The topological polar surface area (TPSA) is 106 Å². The molecule has 0 atom stereocenters. The van der Waals surface area contributed by atoms with E-state index < -0.39 is 18.1 Å². The van der Waals surface area contributed by atoms with Crippen molar-refractivity contribution in [2.75, 3.05) is 6.61 Å². The van der Waals surface area contributed by atoms with Gasteiger partial charge < -0.3 is 9.94 Å². The maximum Gasteiger partial charge on any atom is 0.294 e. The van der Waals surface area contributed by atoms with E-state index in [9.17, 15) is 14.7 Å². The monoisotopic (exact) mass is 430 g/mol. The van der Waals surface area contributed by atoms with E-state index in [1.165, 1.54) is 12.3 Å². The molecule has 1 heterocycles. The third kappa shape index (κ3) is 4.32. The minimum absolute atomic E-state index is 0.0249. The molecule has 1 aromatic heterocycles. The van der Waals surface area contributed by atoms with E-state index in [4.69, 9.17) is 4.84 Å². The van der Waals surface area contributed by atoms with Crippen molar-refractivity contribution in [3.8, 4) is 5.75 Å². The van der Waals surface area contributed by atoms with Gasteiger partial charge in [0.15, 0.2) is 6.61 Å². The Hall–Kier alpha value is -3.20. The van der Waals surface area contributed by atoms with Crippen LogP contribution in [0.1, 0.15) is 11.4 Å². The van der Waals surface area contributed by atoms with Gasteiger partial charge >= 0.3 is 0 Å². The van der Waals surface area contributed by atoms with Crippen LogP contribution in [0, 0.1) is 6.92 Å². The number of amides is 1. The normalized spacial score (nSPS) is 11.0. The number of benzene rings is 2. The van der Waals surface area contributed by atoms with Gasteiger partial charge in [-0.3, -0.25) is 9.59 Å². The average Bonchev–Trinajstić information content (AvgIpc) is 2.64. The predicted molar refractivity (Wildman–Crippen MR) is 104 cm³/mol. The van der Waals surface area contributed by atoms with Crippen LogP contribution in [0.15, 0.2) is 56.8 Å². The Morgan fingerprint density at radius 3 is 2.96 bits per heavy atom. The van der Waals surface area contributed by atoms with E-state index >= 15 is 0 Å². The van der Waals surface area contributed by atoms with E-state index in [0.29, 0.717) is 22.3 Å². The molecule has 1 amide bonds. The van der Waals surface area contributed by atoms with E-state index in [0.717, 1.165) is 9.20 Å². The van der Waals surface area contributed by atoms with Crippen LogP contribution in [0.25, 0.3) is 10.9 Å². The highest BCUT2D eigenvalue weighted by Crippen LogP contribution is 2.19. The summed E-state index contributed by atoms with van der Waals surface area (Å²) >= 11 is 3.28. The molecule has 0 aliphatic carbocycles. The van der Waals surface area contributed by atoms with Gasteiger partial charge in [-0.2, -0.15) is 5.10 Å². The van der Waals surface area contributed by atoms with Gasteiger partial charge in [0, 0.05) is 10.0 Å². The molecule has 0 fully saturated rings. The second-order valence-electron chi connectivity index (χ2n) is 5.55. The molecule has 3 rings (SSSR count). The third-order valence-electron chi connectivity index (χ3n) is 3.60. The van der Waals surface area contributed by atoms with Crippen molar-refractivity contribution in [2.45, 2.75) is 6.92 Å². The smallest absolute Gasteiger partial charge is 0.294 e. The summed E-state index contributed by atoms with van der Waals surface area (Å²) in [6.45, 7) is 1.18. The molecular formula is C18H15BrN4O4. The van der Waals surface area contributed by atoms with Crippen LogP contribution in [0.3, 0.4) is 0 Å². The molecule has 0 aliphatic rings. The Morgan fingerprint density at radius 1 is 1.37 bits per heavy atom. The fourth-order valence-corrected chi connectivity index (χ4v) is 2.72. The number of rotatable bonds is 5. The lowest BCUT2D eigenvalue weighted by atomic mass is 10.2. The fourth-order valence-electron chi connectivity index (χ4n) is 2.34. The van der Waals surface area contributed by atoms with Crippen LogP contribution < -0.4 is 15.8 Å². The molecule has 0 aliphatic heterocycles. The standard InChI is InChI=1S/C18H15BrN4O4/c1-11-21-15-5-3-2-4-14(15)18(26)23(11)27-10-17(25)22-20-9-12-8-13(19)6-7-16(12)24/h2-9,24H,10H2,1H3,(H,22,25)/b20-9-. The van der Waals surface area contributed by atoms with Gasteiger partial charge in [-0.25, -0.2) is 10.4 Å². The molecule has 0 saturated carbocycles. The molecule has 0 bridgehead atoms. The lowest BCUT2D eigenvalue weighted by Gasteiger charge is -2.11. The highest BCUT2D eigenvalue weighted by Gasteiger charge is 2.10. The number of nitrogens with zero attached hydrogens (tertiary/aromatic N) is 3. The van der Waals surface area contributed by atoms with Gasteiger partial charge in [-0.05, 0) is 37.3 Å². The van der Waals surface area contributed by atoms with Crippen LogP contribution >= 0.6 is 15.9 Å². The van der Waals surface area contributed by atoms with Crippen molar-refractivity contribution >= 4 is 39.0 Å². The first-order valence-corrected chi connectivity index (χ1v) is 8.67. The van der Waals surface area contributed by atoms with Crippen LogP contribution in [0.5, 0.6) is 5.75 Å². The minimum Gasteiger partial charge on any atom is -0.507 e. The second-order valence-corrected chi connectivity index (χ2v) is 6.46. The highest BCUT2D eigenvalue weighted by molar-refractivity contribution is 9.10. The van der Waals surface area contributed by atoms with Gasteiger partial charge in [0.05, 0.1) is 17.1 Å². The Labute approximate surface area is 162 Å². The quantitative estimate of drug-likeness (QED) is 0.473. The summed E-state index contributed by atoms with van der Waals surface area (Å²) in [7, 11) is 0. The Balaban J connectivity index is 1.66. The number of hydrazone groups is 1. The largest absolute Gasteiger partial charge is 0.507 e. The first kappa shape index (κ1) is 18.6. The number of nitrogens with one attached hydrogen (secondary N) is 1. The molecule has 2 aromatic carbocycles. The maximum absolute atomic E-state index is 12.4. The zero-order valence-corrected chi connectivity index (χ0v) is 15.8. The highest BCUT2D eigenvalue weighted by atomic mass is 79.9. The number of halogens is 1. The van der Waals surface area contributed by atoms with Gasteiger partial charge in [0.25, 0.3) is 11.5 Å². The third-order valence-corrected chi connectivity index (χ3v) is 4.10. The van der Waals surface area contributed by atoms with Crippen molar-refractivity contribution in [3.63, 3.8) is 0 Å². The zero-order chi connectivity index (χ0) is 19.4. The minimum atomic E-state index is -0.569. The molecule has 3 aromatic rings. The molecule has 0 spiro atoms. The Morgan fingerprint density at radius 2 is 2.15 bits per heavy atom. The first-order chi connectivity index (χ1) is 13.0. The molecule has 0 saturated heterocycles. The lowest BCUT2D eigenvalue weighted by molar-refractivity contribution is -0.126. The van der Waals surface area contributed by atoms with Crippen molar-refractivity contribution in [3.05, 3.63) is 68.7 Å². The summed E-state index contributed by atoms with van der Waals surface area (Å²) in [6.07, 6.45) is 1.30. The molecule has 2 N–H and O–H groups in total. The summed E-state index contributed by atoms with van der Waals surface area (Å²) in [4.78, 5) is 33.9. The molecule has 27 heavy (non-hydrogen) atoms. The van der Waals surface area contributed by atoms with Gasteiger partial charge in [0.2, 0.25) is 0 Å². The maximum atomic E-state index is 12.4. The molecule has 138 valence electrons. The number of fused-ring (bicyclic) bond motifs is 1. The molecular weight excluding hydrogens is 416 g/mol. The van der Waals surface area contributed by atoms with E-state index in [1.54, 1.807) is 43.3 Å². The molecule has 0 radical (unpaired) electrons. The number of hydrogen-bond donors (Lipinski definition) is 2. The second kappa shape index (κ2) is 8.00. The Kier molecular flexibility index (Phi) is 5.51. The van der Waals surface area contributed by atoms with E-state index in [-0.39, 0.29) is 5.75 Å². The SMILES string of the molecule is Cc1nc2ccccc2c(=O)n1OCC(=O)N/N=C\c1cc(Br)ccc1O. The van der Waals surface area contributed by atoms with Crippen LogP contribution in [-0.4, -0.2) is 33.5 Å². The van der Waals surface area contributed by atoms with Crippen molar-refractivity contribution in [1.29, 1.82) is 0 Å². The number of para-hydroxylation sites is 1. The summed E-state index contributed by atoms with van der Waals surface area (Å²) in [5, 5.41) is 13.9. The average molecular weight is 431 g/mol. The Bertz CT molecular complexity index is 1090. The number of aromatic hydroxyl groups is 1. The number of aromatic nitrogens is 2. The fraction of sp³-hybridized carbons (Fsp3) is 0.111.